The van der Waals surface area contributed by atoms with Gasteiger partial charge in [-0.3, -0.25) is 0 Å². The summed E-state index contributed by atoms with van der Waals surface area (Å²) in [5.41, 5.74) is 9.36. The van der Waals surface area contributed by atoms with Crippen molar-refractivity contribution in [1.82, 2.24) is 0 Å². The Morgan fingerprint density at radius 1 is 1.20 bits per heavy atom. The zero-order valence-electron chi connectivity index (χ0n) is 9.83. The highest BCUT2D eigenvalue weighted by Gasteiger charge is 2.11. The minimum atomic E-state index is -0.0698. The van der Waals surface area contributed by atoms with Crippen molar-refractivity contribution in [2.75, 3.05) is 20.8 Å². The van der Waals surface area contributed by atoms with E-state index in [-0.39, 0.29) is 6.04 Å². The molecule has 0 aliphatic carbocycles. The first kappa shape index (κ1) is 12.0. The van der Waals surface area contributed by atoms with E-state index in [1.54, 1.807) is 14.2 Å². The third kappa shape index (κ3) is 2.70. The lowest BCUT2D eigenvalue weighted by Gasteiger charge is -2.16. The Bertz CT molecular complexity index is 337. The Labute approximate surface area is 91.2 Å². The van der Waals surface area contributed by atoms with E-state index in [2.05, 4.69) is 6.07 Å². The van der Waals surface area contributed by atoms with Crippen molar-refractivity contribution in [1.29, 1.82) is 0 Å². The van der Waals surface area contributed by atoms with Crippen LogP contribution in [0, 0.1) is 13.8 Å². The number of ether oxygens (including phenoxy) is 2. The molecule has 1 aromatic rings. The molecular weight excluding hydrogens is 190 g/mol. The third-order valence-corrected chi connectivity index (χ3v) is 2.53. The van der Waals surface area contributed by atoms with Gasteiger partial charge >= 0.3 is 0 Å². The van der Waals surface area contributed by atoms with E-state index in [4.69, 9.17) is 15.2 Å². The number of hydrogen-bond donors (Lipinski definition) is 1. The second kappa shape index (κ2) is 5.14. The molecule has 0 spiro atoms. The largest absolute Gasteiger partial charge is 0.496 e. The van der Waals surface area contributed by atoms with Gasteiger partial charge in [0.05, 0.1) is 19.8 Å². The van der Waals surface area contributed by atoms with Crippen LogP contribution in [0.15, 0.2) is 12.1 Å². The molecule has 0 saturated carbocycles. The summed E-state index contributed by atoms with van der Waals surface area (Å²) >= 11 is 0. The summed E-state index contributed by atoms with van der Waals surface area (Å²) in [7, 11) is 3.34. The molecule has 1 unspecified atom stereocenters. The summed E-state index contributed by atoms with van der Waals surface area (Å²) in [5.74, 6) is 0.904. The van der Waals surface area contributed by atoms with Gasteiger partial charge in [-0.15, -0.1) is 0 Å². The van der Waals surface area contributed by atoms with Gasteiger partial charge in [-0.05, 0) is 36.6 Å². The van der Waals surface area contributed by atoms with E-state index in [1.165, 1.54) is 0 Å². The van der Waals surface area contributed by atoms with Crippen molar-refractivity contribution in [3.63, 3.8) is 0 Å². The van der Waals surface area contributed by atoms with Crippen LogP contribution in [-0.4, -0.2) is 20.8 Å². The first-order chi connectivity index (χ1) is 7.10. The van der Waals surface area contributed by atoms with E-state index in [0.717, 1.165) is 22.4 Å². The lowest BCUT2D eigenvalue weighted by molar-refractivity contribution is 0.180. The van der Waals surface area contributed by atoms with Crippen molar-refractivity contribution in [2.24, 2.45) is 5.73 Å². The van der Waals surface area contributed by atoms with E-state index in [9.17, 15) is 0 Å². The highest BCUT2D eigenvalue weighted by Crippen LogP contribution is 2.25. The molecule has 3 heteroatoms. The van der Waals surface area contributed by atoms with Gasteiger partial charge in [-0.2, -0.15) is 0 Å². The monoisotopic (exact) mass is 209 g/mol. The summed E-state index contributed by atoms with van der Waals surface area (Å²) in [4.78, 5) is 0. The van der Waals surface area contributed by atoms with Crippen molar-refractivity contribution in [2.45, 2.75) is 19.9 Å². The molecule has 0 bridgehead atoms. The molecule has 1 atom stereocenters. The predicted octanol–water partition coefficient (Wildman–Crippen LogP) is 1.96. The van der Waals surface area contributed by atoms with Gasteiger partial charge in [-0.1, -0.05) is 6.07 Å². The summed E-state index contributed by atoms with van der Waals surface area (Å²) in [6.07, 6.45) is 0. The van der Waals surface area contributed by atoms with Crippen LogP contribution in [-0.2, 0) is 4.74 Å². The number of rotatable bonds is 4. The van der Waals surface area contributed by atoms with Crippen molar-refractivity contribution >= 4 is 0 Å². The third-order valence-electron chi connectivity index (χ3n) is 2.53. The molecule has 0 aliphatic rings. The van der Waals surface area contributed by atoms with Crippen molar-refractivity contribution in [3.05, 3.63) is 28.8 Å². The maximum Gasteiger partial charge on any atom is 0.122 e. The highest BCUT2D eigenvalue weighted by molar-refractivity contribution is 5.42. The topological polar surface area (TPSA) is 44.5 Å². The Kier molecular flexibility index (Phi) is 4.12. The molecule has 15 heavy (non-hydrogen) atoms. The molecule has 0 fully saturated rings. The summed E-state index contributed by atoms with van der Waals surface area (Å²) < 4.78 is 10.3. The predicted molar refractivity (Wildman–Crippen MR) is 61.3 cm³/mol. The molecule has 0 radical (unpaired) electrons. The smallest absolute Gasteiger partial charge is 0.122 e. The van der Waals surface area contributed by atoms with Gasteiger partial charge < -0.3 is 15.2 Å². The summed E-state index contributed by atoms with van der Waals surface area (Å²) in [5, 5.41) is 0. The SMILES string of the molecule is COCC(N)c1cc(C)c(OC)cc1C. The molecule has 0 aromatic heterocycles. The number of aryl methyl sites for hydroxylation is 2. The van der Waals surface area contributed by atoms with Crippen molar-refractivity contribution in [3.8, 4) is 5.75 Å². The van der Waals surface area contributed by atoms with Crippen LogP contribution in [0.2, 0.25) is 0 Å². The van der Waals surface area contributed by atoms with Crippen LogP contribution in [0.5, 0.6) is 5.75 Å². The zero-order chi connectivity index (χ0) is 11.4. The molecule has 0 amide bonds. The number of nitrogens with two attached hydrogens (primary N) is 1. The van der Waals surface area contributed by atoms with Crippen molar-refractivity contribution < 1.29 is 9.47 Å². The molecule has 3 nitrogen and oxygen atoms in total. The lowest BCUT2D eigenvalue weighted by atomic mass is 9.99. The van der Waals surface area contributed by atoms with Gasteiger partial charge in [0, 0.05) is 7.11 Å². The number of benzene rings is 1. The first-order valence-electron chi connectivity index (χ1n) is 4.99. The fraction of sp³-hybridized carbons (Fsp3) is 0.500. The Balaban J connectivity index is 3.04. The highest BCUT2D eigenvalue weighted by atomic mass is 16.5. The van der Waals surface area contributed by atoms with Crippen LogP contribution in [0.25, 0.3) is 0 Å². The average Bonchev–Trinajstić information content (AvgIpc) is 2.21. The fourth-order valence-electron chi connectivity index (χ4n) is 1.70. The van der Waals surface area contributed by atoms with E-state index in [1.807, 2.05) is 19.9 Å². The Morgan fingerprint density at radius 3 is 2.40 bits per heavy atom. The standard InChI is InChI=1S/C12H19NO2/c1-8-6-12(15-4)9(2)5-10(8)11(13)7-14-3/h5-6,11H,7,13H2,1-4H3. The van der Waals surface area contributed by atoms with Crippen LogP contribution in [0.4, 0.5) is 0 Å². The van der Waals surface area contributed by atoms with E-state index in [0.29, 0.717) is 6.61 Å². The fourth-order valence-corrected chi connectivity index (χ4v) is 1.70. The molecule has 0 heterocycles. The van der Waals surface area contributed by atoms with Gasteiger partial charge in [0.15, 0.2) is 0 Å². The molecule has 1 aromatic carbocycles. The Morgan fingerprint density at radius 2 is 1.87 bits per heavy atom. The van der Waals surface area contributed by atoms with Crippen LogP contribution < -0.4 is 10.5 Å². The number of hydrogen-bond acceptors (Lipinski definition) is 3. The normalized spacial score (nSPS) is 12.6. The maximum absolute atomic E-state index is 6.00. The lowest BCUT2D eigenvalue weighted by Crippen LogP contribution is -2.17. The Hall–Kier alpha value is -1.06. The zero-order valence-corrected chi connectivity index (χ0v) is 9.83. The van der Waals surface area contributed by atoms with Crippen LogP contribution >= 0.6 is 0 Å². The van der Waals surface area contributed by atoms with Gasteiger partial charge in [0.1, 0.15) is 5.75 Å². The molecule has 1 rings (SSSR count). The molecule has 0 aliphatic heterocycles. The van der Waals surface area contributed by atoms with E-state index < -0.39 is 0 Å². The van der Waals surface area contributed by atoms with Crippen LogP contribution in [0.3, 0.4) is 0 Å². The average molecular weight is 209 g/mol. The maximum atomic E-state index is 6.00. The van der Waals surface area contributed by atoms with Gasteiger partial charge in [-0.25, -0.2) is 0 Å². The minimum absolute atomic E-state index is 0.0698. The molecule has 2 N–H and O–H groups in total. The van der Waals surface area contributed by atoms with Gasteiger partial charge in [0.2, 0.25) is 0 Å². The van der Waals surface area contributed by atoms with Gasteiger partial charge in [0.25, 0.3) is 0 Å². The molecule has 84 valence electrons. The minimum Gasteiger partial charge on any atom is -0.496 e. The van der Waals surface area contributed by atoms with Crippen LogP contribution in [0.1, 0.15) is 22.7 Å². The quantitative estimate of drug-likeness (QED) is 0.824. The summed E-state index contributed by atoms with van der Waals surface area (Å²) in [6.45, 7) is 4.58. The second-order valence-corrected chi connectivity index (χ2v) is 3.74. The number of methoxy groups -OCH3 is 2. The molecule has 0 saturated heterocycles. The second-order valence-electron chi connectivity index (χ2n) is 3.74. The first-order valence-corrected chi connectivity index (χ1v) is 4.99. The van der Waals surface area contributed by atoms with E-state index >= 15 is 0 Å². The molecular formula is C12H19NO2. The summed E-state index contributed by atoms with van der Waals surface area (Å²) in [6, 6.07) is 4.01.